The molecule has 0 aromatic rings. The Bertz CT molecular complexity index is 501. The van der Waals surface area contributed by atoms with Crippen LogP contribution in [0.5, 0.6) is 0 Å². The van der Waals surface area contributed by atoms with E-state index in [-0.39, 0.29) is 5.82 Å². The largest absolute Gasteiger partial charge is 0.398 e. The monoisotopic (exact) mass is 328 g/mol. The Balaban J connectivity index is 5.91. The SMILES string of the molecule is C=C(N)/N=C(\N=C(/N)P(=O)(OC)OC)P(=O)(OC)OC. The molecule has 0 saturated heterocycles. The van der Waals surface area contributed by atoms with E-state index < -0.39 is 26.3 Å². The summed E-state index contributed by atoms with van der Waals surface area (Å²) in [5.41, 5.74) is 9.69. The molecule has 0 aliphatic heterocycles. The molecule has 4 N–H and O–H groups in total. The average molecular weight is 328 g/mol. The molecule has 20 heavy (non-hydrogen) atoms. The lowest BCUT2D eigenvalue weighted by molar-refractivity contribution is 0.289. The summed E-state index contributed by atoms with van der Waals surface area (Å²) in [7, 11) is -3.26. The van der Waals surface area contributed by atoms with Gasteiger partial charge in [-0.1, -0.05) is 6.58 Å². The fraction of sp³-hybridized carbons (Fsp3) is 0.500. The van der Waals surface area contributed by atoms with Gasteiger partial charge in [-0.25, -0.2) is 4.99 Å². The van der Waals surface area contributed by atoms with Crippen LogP contribution >= 0.6 is 15.2 Å². The molecule has 0 fully saturated rings. The van der Waals surface area contributed by atoms with Gasteiger partial charge in [-0.15, -0.1) is 0 Å². The molecule has 12 heteroatoms. The summed E-state index contributed by atoms with van der Waals surface area (Å²) in [6.45, 7) is 3.30. The minimum absolute atomic E-state index is 0.226. The number of amidine groups is 2. The van der Waals surface area contributed by atoms with Crippen molar-refractivity contribution >= 4 is 26.3 Å². The van der Waals surface area contributed by atoms with Crippen LogP contribution in [0.4, 0.5) is 0 Å². The summed E-state index contributed by atoms with van der Waals surface area (Å²) in [6.07, 6.45) is 0. The summed E-state index contributed by atoms with van der Waals surface area (Å²) in [5, 5.41) is 0. The van der Waals surface area contributed by atoms with E-state index in [9.17, 15) is 9.13 Å². The van der Waals surface area contributed by atoms with Crippen LogP contribution in [0.2, 0.25) is 0 Å². The van der Waals surface area contributed by atoms with Gasteiger partial charge in [0.05, 0.1) is 0 Å². The molecule has 0 radical (unpaired) electrons. The summed E-state index contributed by atoms with van der Waals surface area (Å²) >= 11 is 0. The first-order valence-corrected chi connectivity index (χ1v) is 8.09. The number of hydrogen-bond acceptors (Lipinski definition) is 8. The number of hydrogen-bond donors (Lipinski definition) is 2. The highest BCUT2D eigenvalue weighted by Crippen LogP contribution is 2.51. The van der Waals surface area contributed by atoms with Gasteiger partial charge in [0.1, 0.15) is 5.82 Å². The maximum atomic E-state index is 12.2. The van der Waals surface area contributed by atoms with Crippen molar-refractivity contribution in [3.8, 4) is 0 Å². The second-order valence-corrected chi connectivity index (χ2v) is 7.41. The molecule has 10 nitrogen and oxygen atoms in total. The second kappa shape index (κ2) is 7.68. The molecule has 0 aromatic heterocycles. The zero-order valence-electron chi connectivity index (χ0n) is 11.6. The Kier molecular flexibility index (Phi) is 7.29. The maximum Gasteiger partial charge on any atom is 0.398 e. The Hall–Kier alpha value is -1.02. The van der Waals surface area contributed by atoms with Gasteiger partial charge in [0.2, 0.25) is 11.2 Å². The predicted molar refractivity (Wildman–Crippen MR) is 75.6 cm³/mol. The Morgan fingerprint density at radius 3 is 1.60 bits per heavy atom. The van der Waals surface area contributed by atoms with E-state index >= 15 is 0 Å². The number of rotatable bonds is 7. The molecule has 0 spiro atoms. The highest BCUT2D eigenvalue weighted by molar-refractivity contribution is 7.74. The highest BCUT2D eigenvalue weighted by Gasteiger charge is 2.34. The first-order chi connectivity index (χ1) is 9.19. The molecule has 0 amide bonds. The molecule has 0 atom stereocenters. The summed E-state index contributed by atoms with van der Waals surface area (Å²) < 4.78 is 42.9. The molecule has 0 rings (SSSR count). The number of aliphatic imine (C=N–C) groups is 2. The van der Waals surface area contributed by atoms with Gasteiger partial charge in [0.25, 0.3) is 0 Å². The van der Waals surface area contributed by atoms with E-state index in [0.29, 0.717) is 0 Å². The zero-order valence-corrected chi connectivity index (χ0v) is 13.4. The van der Waals surface area contributed by atoms with Crippen molar-refractivity contribution in [3.05, 3.63) is 12.4 Å². The fourth-order valence-corrected chi connectivity index (χ4v) is 2.72. The summed E-state index contributed by atoms with van der Waals surface area (Å²) in [5.74, 6) is -0.226. The van der Waals surface area contributed by atoms with Crippen molar-refractivity contribution in [1.29, 1.82) is 0 Å². The van der Waals surface area contributed by atoms with Gasteiger partial charge in [-0.05, 0) is 0 Å². The first kappa shape index (κ1) is 19.0. The second-order valence-electron chi connectivity index (χ2n) is 3.10. The quantitative estimate of drug-likeness (QED) is 0.400. The molecular weight excluding hydrogens is 310 g/mol. The van der Waals surface area contributed by atoms with E-state index in [0.717, 1.165) is 28.4 Å². The minimum atomic E-state index is -3.88. The highest BCUT2D eigenvalue weighted by atomic mass is 31.2. The van der Waals surface area contributed by atoms with Gasteiger partial charge in [-0.2, -0.15) is 4.99 Å². The van der Waals surface area contributed by atoms with Crippen LogP contribution in [0.3, 0.4) is 0 Å². The van der Waals surface area contributed by atoms with Crippen LogP contribution in [0.1, 0.15) is 0 Å². The Morgan fingerprint density at radius 2 is 1.30 bits per heavy atom. The van der Waals surface area contributed by atoms with Crippen LogP contribution in [0.15, 0.2) is 22.4 Å². The predicted octanol–water partition coefficient (Wildman–Crippen LogP) is 1.06. The summed E-state index contributed by atoms with van der Waals surface area (Å²) in [6, 6.07) is 0. The number of nitrogens with two attached hydrogens (primary N) is 2. The zero-order chi connectivity index (χ0) is 16.0. The first-order valence-electron chi connectivity index (χ1n) is 5.00. The van der Waals surface area contributed by atoms with Gasteiger partial charge in [0, 0.05) is 28.4 Å². The lowest BCUT2D eigenvalue weighted by Crippen LogP contribution is -2.18. The van der Waals surface area contributed by atoms with Crippen molar-refractivity contribution < 1.29 is 27.2 Å². The maximum absolute atomic E-state index is 12.2. The third kappa shape index (κ3) is 4.52. The molecule has 0 bridgehead atoms. The van der Waals surface area contributed by atoms with Gasteiger partial charge < -0.3 is 29.6 Å². The van der Waals surface area contributed by atoms with Crippen LogP contribution in [-0.4, -0.2) is 39.6 Å². The third-order valence-electron chi connectivity index (χ3n) is 1.95. The van der Waals surface area contributed by atoms with E-state index in [1.54, 1.807) is 0 Å². The molecule has 0 aromatic carbocycles. The molecular formula is C8H18N4O6P2. The van der Waals surface area contributed by atoms with Crippen LogP contribution in [-0.2, 0) is 27.2 Å². The molecule has 0 unspecified atom stereocenters. The van der Waals surface area contributed by atoms with E-state index in [2.05, 4.69) is 25.6 Å². The van der Waals surface area contributed by atoms with Gasteiger partial charge in [-0.3, -0.25) is 9.13 Å². The van der Waals surface area contributed by atoms with Crippen molar-refractivity contribution in [2.24, 2.45) is 21.5 Å². The Labute approximate surface area is 116 Å². The van der Waals surface area contributed by atoms with Crippen LogP contribution in [0, 0.1) is 0 Å². The standard InChI is InChI=1S/C8H18N4O6P2/c1-6(9)11-8(20(14,17-4)18-5)12-7(10)19(13,15-2)16-3/h1,9H2,2-5H3,(H2,10,11,12). The molecule has 0 heterocycles. The Morgan fingerprint density at radius 1 is 0.900 bits per heavy atom. The van der Waals surface area contributed by atoms with Crippen molar-refractivity contribution in [3.63, 3.8) is 0 Å². The minimum Gasteiger partial charge on any atom is -0.384 e. The third-order valence-corrected chi connectivity index (χ3v) is 5.22. The van der Waals surface area contributed by atoms with E-state index in [4.69, 9.17) is 20.5 Å². The number of nitrogens with zero attached hydrogens (tertiary/aromatic N) is 2. The fourth-order valence-electron chi connectivity index (χ4n) is 0.939. The van der Waals surface area contributed by atoms with Gasteiger partial charge in [0.15, 0.2) is 0 Å². The lowest BCUT2D eigenvalue weighted by Gasteiger charge is -2.16. The topological polar surface area (TPSA) is 148 Å². The summed E-state index contributed by atoms with van der Waals surface area (Å²) in [4.78, 5) is 7.22. The normalized spacial score (nSPS) is 14.4. The van der Waals surface area contributed by atoms with E-state index in [1.807, 2.05) is 0 Å². The average Bonchev–Trinajstić information content (AvgIpc) is 2.44. The molecule has 116 valence electrons. The van der Waals surface area contributed by atoms with Crippen LogP contribution < -0.4 is 11.5 Å². The molecule has 0 aliphatic carbocycles. The van der Waals surface area contributed by atoms with Crippen molar-refractivity contribution in [2.75, 3.05) is 28.4 Å². The van der Waals surface area contributed by atoms with Crippen LogP contribution in [0.25, 0.3) is 0 Å². The van der Waals surface area contributed by atoms with Gasteiger partial charge >= 0.3 is 15.2 Å². The molecule has 0 saturated carbocycles. The lowest BCUT2D eigenvalue weighted by atomic mass is 10.9. The van der Waals surface area contributed by atoms with E-state index in [1.165, 1.54) is 0 Å². The van der Waals surface area contributed by atoms with Crippen molar-refractivity contribution in [1.82, 2.24) is 0 Å². The van der Waals surface area contributed by atoms with Crippen molar-refractivity contribution in [2.45, 2.75) is 0 Å². The molecule has 0 aliphatic rings. The smallest absolute Gasteiger partial charge is 0.384 e.